The molecule has 2 atom stereocenters. The molecule has 1 fully saturated rings. The molecule has 3 aromatic rings. The van der Waals surface area contributed by atoms with Crippen LogP contribution in [0.5, 0.6) is 0 Å². The molecule has 1 saturated heterocycles. The van der Waals surface area contributed by atoms with Gasteiger partial charge < -0.3 is 10.0 Å². The minimum absolute atomic E-state index is 0.0463. The number of hydrogen-bond acceptors (Lipinski definition) is 4. The number of hydrogen-bond donors (Lipinski definition) is 1. The van der Waals surface area contributed by atoms with E-state index in [0.29, 0.717) is 17.7 Å². The summed E-state index contributed by atoms with van der Waals surface area (Å²) in [6.45, 7) is 4.19. The predicted molar refractivity (Wildman–Crippen MR) is 105 cm³/mol. The normalized spacial score (nSPS) is 20.1. The molecular weight excluding hydrogens is 362 g/mol. The van der Waals surface area contributed by atoms with Gasteiger partial charge in [0.25, 0.3) is 5.91 Å². The second-order valence-corrected chi connectivity index (χ2v) is 8.11. The number of likely N-dealkylation sites (tertiary alicyclic amines) is 1. The van der Waals surface area contributed by atoms with Crippen LogP contribution in [0.15, 0.2) is 36.4 Å². The van der Waals surface area contributed by atoms with E-state index >= 15 is 0 Å². The molecule has 4 rings (SSSR count). The molecule has 27 heavy (non-hydrogen) atoms. The number of piperidine rings is 1. The highest BCUT2D eigenvalue weighted by Gasteiger charge is 2.34. The average Bonchev–Trinajstić information content (AvgIpc) is 3.23. The molecule has 0 aliphatic carbocycles. The van der Waals surface area contributed by atoms with Gasteiger partial charge in [0.2, 0.25) is 0 Å². The molecule has 0 spiro atoms. The number of carbonyl (C=O) groups is 2. The second-order valence-electron chi connectivity index (χ2n) is 7.08. The zero-order chi connectivity index (χ0) is 19.1. The summed E-state index contributed by atoms with van der Waals surface area (Å²) in [5.41, 5.74) is 1.83. The fourth-order valence-corrected chi connectivity index (χ4v) is 4.77. The minimum atomic E-state index is -0.827. The van der Waals surface area contributed by atoms with Gasteiger partial charge in [-0.3, -0.25) is 9.59 Å². The van der Waals surface area contributed by atoms with Crippen molar-refractivity contribution >= 4 is 33.4 Å². The summed E-state index contributed by atoms with van der Waals surface area (Å²) in [5.74, 6) is -1.40. The van der Waals surface area contributed by atoms with Crippen molar-refractivity contribution < 1.29 is 14.7 Å². The van der Waals surface area contributed by atoms with Crippen molar-refractivity contribution in [3.8, 4) is 5.69 Å². The largest absolute Gasteiger partial charge is 0.481 e. The molecule has 6 nitrogen and oxygen atoms in total. The standard InChI is InChI=1S/C20H21N3O3S/c1-12-8-9-14(20(25)26)11-22(12)18(24)17-10-16-13(2)21-23(19(16)27-17)15-6-4-3-5-7-15/h3-7,10,12,14H,8-9,11H2,1-2H3,(H,25,26). The van der Waals surface area contributed by atoms with E-state index < -0.39 is 11.9 Å². The SMILES string of the molecule is Cc1nn(-c2ccccc2)c2sc(C(=O)N3CC(C(=O)O)CCC3C)cc12. The highest BCUT2D eigenvalue weighted by molar-refractivity contribution is 7.20. The summed E-state index contributed by atoms with van der Waals surface area (Å²) in [6, 6.07) is 11.8. The average molecular weight is 383 g/mol. The quantitative estimate of drug-likeness (QED) is 0.748. The number of carboxylic acid groups (broad SMARTS) is 1. The van der Waals surface area contributed by atoms with Crippen molar-refractivity contribution in [3.63, 3.8) is 0 Å². The molecule has 1 aromatic carbocycles. The molecule has 2 unspecified atom stereocenters. The summed E-state index contributed by atoms with van der Waals surface area (Å²) in [7, 11) is 0. The van der Waals surface area contributed by atoms with Gasteiger partial charge in [-0.25, -0.2) is 4.68 Å². The third-order valence-corrected chi connectivity index (χ3v) is 6.35. The van der Waals surface area contributed by atoms with E-state index in [4.69, 9.17) is 0 Å². The number of nitrogens with zero attached hydrogens (tertiary/aromatic N) is 3. The van der Waals surface area contributed by atoms with Crippen LogP contribution in [0, 0.1) is 12.8 Å². The van der Waals surface area contributed by atoms with Gasteiger partial charge in [-0.2, -0.15) is 5.10 Å². The zero-order valence-electron chi connectivity index (χ0n) is 15.3. The Labute approximate surface area is 161 Å². The maximum atomic E-state index is 13.1. The first-order chi connectivity index (χ1) is 13.0. The van der Waals surface area contributed by atoms with Crippen LogP contribution >= 0.6 is 11.3 Å². The number of aryl methyl sites for hydroxylation is 1. The number of amides is 1. The van der Waals surface area contributed by atoms with E-state index in [-0.39, 0.29) is 18.5 Å². The van der Waals surface area contributed by atoms with Gasteiger partial charge in [0, 0.05) is 18.0 Å². The maximum Gasteiger partial charge on any atom is 0.308 e. The number of aromatic nitrogens is 2. The molecule has 140 valence electrons. The van der Waals surface area contributed by atoms with Crippen LogP contribution in [-0.4, -0.2) is 44.3 Å². The smallest absolute Gasteiger partial charge is 0.308 e. The number of carboxylic acids is 1. The van der Waals surface area contributed by atoms with Crippen LogP contribution < -0.4 is 0 Å². The highest BCUT2D eigenvalue weighted by atomic mass is 32.1. The van der Waals surface area contributed by atoms with Crippen LogP contribution in [-0.2, 0) is 4.79 Å². The first kappa shape index (κ1) is 17.7. The van der Waals surface area contributed by atoms with Gasteiger partial charge in [0.1, 0.15) is 4.83 Å². The predicted octanol–water partition coefficient (Wildman–Crippen LogP) is 3.72. The Morgan fingerprint density at radius 2 is 1.96 bits per heavy atom. The lowest BCUT2D eigenvalue weighted by Crippen LogP contribution is -2.47. The van der Waals surface area contributed by atoms with Crippen LogP contribution in [0.2, 0.25) is 0 Å². The fraction of sp³-hybridized carbons (Fsp3) is 0.350. The lowest BCUT2D eigenvalue weighted by molar-refractivity contribution is -0.143. The molecule has 0 radical (unpaired) electrons. The Bertz CT molecular complexity index is 1010. The first-order valence-electron chi connectivity index (χ1n) is 9.04. The van der Waals surface area contributed by atoms with E-state index in [1.807, 2.05) is 54.9 Å². The van der Waals surface area contributed by atoms with E-state index in [1.54, 1.807) is 4.90 Å². The molecule has 1 amide bonds. The number of carbonyl (C=O) groups excluding carboxylic acids is 1. The van der Waals surface area contributed by atoms with Gasteiger partial charge in [-0.15, -0.1) is 11.3 Å². The lowest BCUT2D eigenvalue weighted by Gasteiger charge is -2.36. The molecule has 3 heterocycles. The molecule has 7 heteroatoms. The van der Waals surface area contributed by atoms with Crippen molar-refractivity contribution in [2.75, 3.05) is 6.54 Å². The number of rotatable bonds is 3. The van der Waals surface area contributed by atoms with Crippen molar-refractivity contribution in [3.05, 3.63) is 47.0 Å². The van der Waals surface area contributed by atoms with Crippen molar-refractivity contribution in [1.29, 1.82) is 0 Å². The summed E-state index contributed by atoms with van der Waals surface area (Å²) in [4.78, 5) is 27.8. The second kappa shape index (κ2) is 6.81. The molecule has 0 bridgehead atoms. The topological polar surface area (TPSA) is 75.4 Å². The Morgan fingerprint density at radius 3 is 2.67 bits per heavy atom. The van der Waals surface area contributed by atoms with E-state index in [2.05, 4.69) is 5.10 Å². The Balaban J connectivity index is 1.70. The Hall–Kier alpha value is -2.67. The van der Waals surface area contributed by atoms with Gasteiger partial charge >= 0.3 is 5.97 Å². The van der Waals surface area contributed by atoms with E-state index in [1.165, 1.54) is 11.3 Å². The zero-order valence-corrected chi connectivity index (χ0v) is 16.1. The number of fused-ring (bicyclic) bond motifs is 1. The van der Waals surface area contributed by atoms with Gasteiger partial charge in [0.05, 0.1) is 22.2 Å². The van der Waals surface area contributed by atoms with Gasteiger partial charge in [-0.1, -0.05) is 18.2 Å². The third kappa shape index (κ3) is 3.12. The minimum Gasteiger partial charge on any atom is -0.481 e. The van der Waals surface area contributed by atoms with Gasteiger partial charge in [-0.05, 0) is 44.9 Å². The maximum absolute atomic E-state index is 13.1. The highest BCUT2D eigenvalue weighted by Crippen LogP contribution is 2.32. The monoisotopic (exact) mass is 383 g/mol. The van der Waals surface area contributed by atoms with Crippen LogP contribution in [0.1, 0.15) is 35.1 Å². The Kier molecular flexibility index (Phi) is 4.47. The van der Waals surface area contributed by atoms with Crippen molar-refractivity contribution in [2.45, 2.75) is 32.7 Å². The Morgan fingerprint density at radius 1 is 1.22 bits per heavy atom. The lowest BCUT2D eigenvalue weighted by atomic mass is 9.93. The third-order valence-electron chi connectivity index (χ3n) is 5.25. The van der Waals surface area contributed by atoms with E-state index in [9.17, 15) is 14.7 Å². The molecule has 1 N–H and O–H groups in total. The molecule has 0 saturated carbocycles. The molecule has 1 aliphatic rings. The van der Waals surface area contributed by atoms with Crippen LogP contribution in [0.25, 0.3) is 15.9 Å². The van der Waals surface area contributed by atoms with Crippen LogP contribution in [0.4, 0.5) is 0 Å². The number of thiophene rings is 1. The van der Waals surface area contributed by atoms with Crippen molar-refractivity contribution in [2.24, 2.45) is 5.92 Å². The fourth-order valence-electron chi connectivity index (χ4n) is 3.63. The number of para-hydroxylation sites is 1. The summed E-state index contributed by atoms with van der Waals surface area (Å²) < 4.78 is 1.87. The molecule has 2 aromatic heterocycles. The summed E-state index contributed by atoms with van der Waals surface area (Å²) in [5, 5.41) is 14.9. The summed E-state index contributed by atoms with van der Waals surface area (Å²) >= 11 is 1.41. The van der Waals surface area contributed by atoms with Crippen molar-refractivity contribution in [1.82, 2.24) is 14.7 Å². The molecular formula is C20H21N3O3S. The molecule has 1 aliphatic heterocycles. The first-order valence-corrected chi connectivity index (χ1v) is 9.85. The summed E-state index contributed by atoms with van der Waals surface area (Å²) in [6.07, 6.45) is 1.33. The van der Waals surface area contributed by atoms with Crippen LogP contribution in [0.3, 0.4) is 0 Å². The number of benzene rings is 1. The van der Waals surface area contributed by atoms with Gasteiger partial charge in [0.15, 0.2) is 0 Å². The van der Waals surface area contributed by atoms with E-state index in [0.717, 1.165) is 21.6 Å². The number of aliphatic carboxylic acids is 1.